The Kier molecular flexibility index (Phi) is 2.88. The zero-order chi connectivity index (χ0) is 12.5. The van der Waals surface area contributed by atoms with Gasteiger partial charge in [-0.05, 0) is 36.3 Å². The summed E-state index contributed by atoms with van der Waals surface area (Å²) in [5, 5.41) is 18.5. The van der Waals surface area contributed by atoms with Crippen LogP contribution in [0.3, 0.4) is 0 Å². The van der Waals surface area contributed by atoms with Crippen LogP contribution in [0.1, 0.15) is 29.3 Å². The van der Waals surface area contributed by atoms with Crippen LogP contribution in [0.4, 0.5) is 0 Å². The zero-order valence-corrected chi connectivity index (χ0v) is 10.5. The second-order valence-electron chi connectivity index (χ2n) is 5.03. The fourth-order valence-electron chi connectivity index (χ4n) is 2.77. The first-order chi connectivity index (χ1) is 8.74. The van der Waals surface area contributed by atoms with Gasteiger partial charge in [0.05, 0.1) is 11.8 Å². The molecule has 1 aromatic carbocycles. The number of hydrogen-bond acceptors (Lipinski definition) is 3. The number of aromatic nitrogens is 3. The van der Waals surface area contributed by atoms with Crippen molar-refractivity contribution < 1.29 is 5.11 Å². The lowest BCUT2D eigenvalue weighted by atomic mass is 9.79. The average molecular weight is 243 g/mol. The van der Waals surface area contributed by atoms with Crippen LogP contribution >= 0.6 is 0 Å². The van der Waals surface area contributed by atoms with Gasteiger partial charge in [-0.1, -0.05) is 29.5 Å². The summed E-state index contributed by atoms with van der Waals surface area (Å²) in [6.07, 6.45) is 4.39. The van der Waals surface area contributed by atoms with E-state index in [-0.39, 0.29) is 12.0 Å². The third-order valence-corrected chi connectivity index (χ3v) is 3.73. The molecule has 0 bridgehead atoms. The van der Waals surface area contributed by atoms with Crippen LogP contribution < -0.4 is 0 Å². The normalized spacial score (nSPS) is 22.8. The molecule has 4 nitrogen and oxygen atoms in total. The molecule has 1 N–H and O–H groups in total. The molecule has 0 spiro atoms. The number of aliphatic hydroxyl groups is 1. The third-order valence-electron chi connectivity index (χ3n) is 3.73. The molecule has 0 saturated carbocycles. The second kappa shape index (κ2) is 4.53. The van der Waals surface area contributed by atoms with Gasteiger partial charge in [0.2, 0.25) is 0 Å². The Morgan fingerprint density at radius 3 is 3.00 bits per heavy atom. The van der Waals surface area contributed by atoms with Crippen molar-refractivity contribution in [3.8, 4) is 0 Å². The van der Waals surface area contributed by atoms with Gasteiger partial charge in [-0.25, -0.2) is 0 Å². The van der Waals surface area contributed by atoms with Gasteiger partial charge in [-0.3, -0.25) is 4.68 Å². The molecule has 0 saturated heterocycles. The molecular weight excluding hydrogens is 226 g/mol. The number of rotatable bonds is 2. The maximum atomic E-state index is 10.4. The van der Waals surface area contributed by atoms with Crippen LogP contribution in [-0.4, -0.2) is 20.1 Å². The number of benzene rings is 1. The van der Waals surface area contributed by atoms with Crippen LogP contribution in [0.2, 0.25) is 0 Å². The van der Waals surface area contributed by atoms with Crippen LogP contribution in [0.15, 0.2) is 30.5 Å². The van der Waals surface area contributed by atoms with Gasteiger partial charge in [0.25, 0.3) is 0 Å². The molecule has 2 atom stereocenters. The molecule has 18 heavy (non-hydrogen) atoms. The quantitative estimate of drug-likeness (QED) is 0.872. The van der Waals surface area contributed by atoms with Gasteiger partial charge in [0, 0.05) is 13.2 Å². The van der Waals surface area contributed by atoms with Gasteiger partial charge < -0.3 is 5.11 Å². The van der Waals surface area contributed by atoms with Gasteiger partial charge in [0.15, 0.2) is 0 Å². The van der Waals surface area contributed by atoms with E-state index in [2.05, 4.69) is 16.4 Å². The molecular formula is C14H17N3O. The first-order valence-electron chi connectivity index (χ1n) is 6.35. The van der Waals surface area contributed by atoms with Crippen molar-refractivity contribution in [1.82, 2.24) is 15.0 Å². The van der Waals surface area contributed by atoms with E-state index in [1.165, 1.54) is 5.56 Å². The lowest BCUT2D eigenvalue weighted by Gasteiger charge is -2.29. The summed E-state index contributed by atoms with van der Waals surface area (Å²) in [7, 11) is 1.86. The standard InChI is InChI=1S/C14H17N3O/c1-17-9-12(15-16-17)8-11-7-6-10-4-2-3-5-13(10)14(11)18/h2-5,9,11,14,18H,6-8H2,1H3. The van der Waals surface area contributed by atoms with Crippen molar-refractivity contribution in [3.05, 3.63) is 47.3 Å². The number of nitrogens with zero attached hydrogens (tertiary/aromatic N) is 3. The van der Waals surface area contributed by atoms with E-state index >= 15 is 0 Å². The Balaban J connectivity index is 1.80. The lowest BCUT2D eigenvalue weighted by Crippen LogP contribution is -2.22. The van der Waals surface area contributed by atoms with Crippen molar-refractivity contribution in [2.45, 2.75) is 25.4 Å². The highest BCUT2D eigenvalue weighted by molar-refractivity contribution is 5.32. The Labute approximate surface area is 106 Å². The summed E-state index contributed by atoms with van der Waals surface area (Å²) in [4.78, 5) is 0. The summed E-state index contributed by atoms with van der Waals surface area (Å²) in [5.41, 5.74) is 3.32. The molecule has 2 aromatic rings. The molecule has 4 heteroatoms. The van der Waals surface area contributed by atoms with Gasteiger partial charge >= 0.3 is 0 Å². The molecule has 1 aromatic heterocycles. The van der Waals surface area contributed by atoms with E-state index in [9.17, 15) is 5.11 Å². The molecule has 0 aliphatic heterocycles. The predicted octanol–water partition coefficient (Wildman–Crippen LogP) is 1.65. The minimum atomic E-state index is -0.378. The smallest absolute Gasteiger partial charge is 0.0830 e. The van der Waals surface area contributed by atoms with E-state index in [1.807, 2.05) is 31.4 Å². The Morgan fingerprint density at radius 2 is 2.22 bits per heavy atom. The lowest BCUT2D eigenvalue weighted by molar-refractivity contribution is 0.0931. The topological polar surface area (TPSA) is 50.9 Å². The molecule has 2 unspecified atom stereocenters. The highest BCUT2D eigenvalue weighted by atomic mass is 16.3. The molecule has 94 valence electrons. The van der Waals surface area contributed by atoms with Crippen LogP contribution in [0.5, 0.6) is 0 Å². The minimum Gasteiger partial charge on any atom is -0.388 e. The summed E-state index contributed by atoms with van der Waals surface area (Å²) >= 11 is 0. The first-order valence-corrected chi connectivity index (χ1v) is 6.35. The Hall–Kier alpha value is -1.68. The molecule has 1 heterocycles. The molecule has 1 aliphatic rings. The van der Waals surface area contributed by atoms with E-state index in [0.29, 0.717) is 0 Å². The fourth-order valence-corrected chi connectivity index (χ4v) is 2.77. The second-order valence-corrected chi connectivity index (χ2v) is 5.03. The number of hydrogen-bond donors (Lipinski definition) is 1. The van der Waals surface area contributed by atoms with Gasteiger partial charge in [-0.15, -0.1) is 5.10 Å². The van der Waals surface area contributed by atoms with E-state index < -0.39 is 0 Å². The van der Waals surface area contributed by atoms with Crippen molar-refractivity contribution in [3.63, 3.8) is 0 Å². The summed E-state index contributed by atoms with van der Waals surface area (Å²) in [5.74, 6) is 0.247. The molecule has 3 rings (SSSR count). The molecule has 0 radical (unpaired) electrons. The van der Waals surface area contributed by atoms with E-state index in [1.54, 1.807) is 4.68 Å². The van der Waals surface area contributed by atoms with Crippen molar-refractivity contribution in [2.24, 2.45) is 13.0 Å². The van der Waals surface area contributed by atoms with Crippen molar-refractivity contribution in [2.75, 3.05) is 0 Å². The van der Waals surface area contributed by atoms with Crippen LogP contribution in [0, 0.1) is 5.92 Å². The zero-order valence-electron chi connectivity index (χ0n) is 10.5. The first kappa shape index (κ1) is 11.4. The van der Waals surface area contributed by atoms with E-state index in [4.69, 9.17) is 0 Å². The number of aryl methyl sites for hydroxylation is 2. The Morgan fingerprint density at radius 1 is 1.39 bits per heavy atom. The maximum absolute atomic E-state index is 10.4. The highest BCUT2D eigenvalue weighted by Gasteiger charge is 2.28. The summed E-state index contributed by atoms with van der Waals surface area (Å²) in [6, 6.07) is 8.17. The highest BCUT2D eigenvalue weighted by Crippen LogP contribution is 2.35. The predicted molar refractivity (Wildman–Crippen MR) is 67.9 cm³/mol. The molecule has 0 amide bonds. The van der Waals surface area contributed by atoms with Crippen molar-refractivity contribution >= 4 is 0 Å². The van der Waals surface area contributed by atoms with E-state index in [0.717, 1.165) is 30.5 Å². The summed E-state index contributed by atoms with van der Waals surface area (Å²) < 4.78 is 1.71. The van der Waals surface area contributed by atoms with Crippen LogP contribution in [0.25, 0.3) is 0 Å². The summed E-state index contributed by atoms with van der Waals surface area (Å²) in [6.45, 7) is 0. The number of aliphatic hydroxyl groups excluding tert-OH is 1. The largest absolute Gasteiger partial charge is 0.388 e. The SMILES string of the molecule is Cn1cc(CC2CCc3ccccc3C2O)nn1. The average Bonchev–Trinajstić information content (AvgIpc) is 2.79. The number of fused-ring (bicyclic) bond motifs is 1. The molecule has 0 fully saturated rings. The third kappa shape index (κ3) is 2.04. The van der Waals surface area contributed by atoms with Crippen LogP contribution in [-0.2, 0) is 19.9 Å². The molecule has 1 aliphatic carbocycles. The van der Waals surface area contributed by atoms with Gasteiger partial charge in [-0.2, -0.15) is 0 Å². The monoisotopic (exact) mass is 243 g/mol. The fraction of sp³-hybridized carbons (Fsp3) is 0.429. The van der Waals surface area contributed by atoms with Crippen molar-refractivity contribution in [1.29, 1.82) is 0 Å². The maximum Gasteiger partial charge on any atom is 0.0830 e. The Bertz CT molecular complexity index is 549. The minimum absolute atomic E-state index is 0.247. The van der Waals surface area contributed by atoms with Gasteiger partial charge in [0.1, 0.15) is 0 Å².